The second-order valence-electron chi connectivity index (χ2n) is 8.34. The van der Waals surface area contributed by atoms with E-state index in [0.29, 0.717) is 42.9 Å². The Bertz CT molecular complexity index is 1170. The van der Waals surface area contributed by atoms with Gasteiger partial charge in [-0.25, -0.2) is 9.37 Å². The van der Waals surface area contributed by atoms with Crippen LogP contribution in [0.15, 0.2) is 48.9 Å². The third-order valence-corrected chi connectivity index (χ3v) is 6.30. The van der Waals surface area contributed by atoms with E-state index in [1.165, 1.54) is 17.2 Å². The summed E-state index contributed by atoms with van der Waals surface area (Å²) in [5.41, 5.74) is -0.149. The van der Waals surface area contributed by atoms with Gasteiger partial charge in [-0.1, -0.05) is 12.1 Å². The smallest absolute Gasteiger partial charge is 0.363 e. The highest BCUT2D eigenvalue weighted by molar-refractivity contribution is 5.98. The number of nitrogens with one attached hydrogen (secondary N) is 1. The molecule has 1 amide bonds. The van der Waals surface area contributed by atoms with Crippen molar-refractivity contribution in [2.45, 2.75) is 37.5 Å². The standard InChI is InChI=1S/C22H20F4N6O/c23-16-10-14(22(24,25)26)11-27-20(16)30-17-9-13-5-6-19(17)31(12-13)21(33)15-3-1-2-4-18(15)32-28-7-8-29-32/h1-4,7-8,10-11,13,17,19H,5-6,9,12H2,(H,27,30)/t13-,17-,19+/m1/s1. The van der Waals surface area contributed by atoms with E-state index in [1.54, 1.807) is 29.2 Å². The Morgan fingerprint density at radius 3 is 2.58 bits per heavy atom. The highest BCUT2D eigenvalue weighted by Crippen LogP contribution is 2.38. The van der Waals surface area contributed by atoms with Crippen LogP contribution >= 0.6 is 0 Å². The van der Waals surface area contributed by atoms with E-state index < -0.39 is 17.6 Å². The lowest BCUT2D eigenvalue weighted by Crippen LogP contribution is -2.60. The van der Waals surface area contributed by atoms with E-state index in [1.807, 2.05) is 0 Å². The van der Waals surface area contributed by atoms with Gasteiger partial charge in [-0.15, -0.1) is 0 Å². The van der Waals surface area contributed by atoms with E-state index in [0.717, 1.165) is 6.42 Å². The van der Waals surface area contributed by atoms with E-state index >= 15 is 0 Å². The van der Waals surface area contributed by atoms with Crippen molar-refractivity contribution in [2.24, 2.45) is 5.92 Å². The number of hydrogen-bond donors (Lipinski definition) is 1. The van der Waals surface area contributed by atoms with Crippen LogP contribution in [0.2, 0.25) is 0 Å². The number of fused-ring (bicyclic) bond motifs is 3. The quantitative estimate of drug-likeness (QED) is 0.598. The number of nitrogens with zero attached hydrogens (tertiary/aromatic N) is 5. The van der Waals surface area contributed by atoms with Crippen molar-refractivity contribution in [2.75, 3.05) is 11.9 Å². The van der Waals surface area contributed by atoms with Crippen molar-refractivity contribution in [1.29, 1.82) is 0 Å². The Labute approximate surface area is 186 Å². The molecular weight excluding hydrogens is 440 g/mol. The first-order valence-corrected chi connectivity index (χ1v) is 10.6. The van der Waals surface area contributed by atoms with E-state index in [-0.39, 0.29) is 29.7 Å². The fourth-order valence-electron chi connectivity index (χ4n) is 4.78. The van der Waals surface area contributed by atoms with E-state index in [9.17, 15) is 22.4 Å². The van der Waals surface area contributed by atoms with Crippen molar-refractivity contribution < 1.29 is 22.4 Å². The molecule has 2 saturated heterocycles. The largest absolute Gasteiger partial charge is 0.417 e. The molecule has 2 aliphatic heterocycles. The molecule has 1 N–H and O–H groups in total. The summed E-state index contributed by atoms with van der Waals surface area (Å²) in [6.07, 6.45) is 1.31. The van der Waals surface area contributed by atoms with Gasteiger partial charge in [0.25, 0.3) is 5.91 Å². The number of aromatic nitrogens is 4. The normalized spacial score (nSPS) is 22.4. The molecule has 7 nitrogen and oxygen atoms in total. The maximum absolute atomic E-state index is 14.4. The van der Waals surface area contributed by atoms with Crippen LogP contribution in [0.4, 0.5) is 23.4 Å². The van der Waals surface area contributed by atoms with E-state index in [2.05, 4.69) is 20.5 Å². The minimum Gasteiger partial charge on any atom is -0.363 e. The Hall–Kier alpha value is -3.50. The lowest BCUT2D eigenvalue weighted by Gasteiger charge is -2.50. The molecule has 11 heteroatoms. The van der Waals surface area contributed by atoms with Crippen LogP contribution in [0.5, 0.6) is 0 Å². The van der Waals surface area contributed by atoms with Crippen molar-refractivity contribution >= 4 is 11.7 Å². The second-order valence-corrected chi connectivity index (χ2v) is 8.34. The SMILES string of the molecule is O=C(c1ccccc1-n1nccn1)N1C[C@@H]2CC[C@H]1[C@H](Nc1ncc(C(F)(F)F)cc1F)C2. The van der Waals surface area contributed by atoms with Gasteiger partial charge in [-0.2, -0.15) is 28.2 Å². The van der Waals surface area contributed by atoms with Crippen molar-refractivity contribution in [1.82, 2.24) is 24.9 Å². The topological polar surface area (TPSA) is 75.9 Å². The Morgan fingerprint density at radius 1 is 1.12 bits per heavy atom. The number of halogens is 4. The molecule has 1 aromatic carbocycles. The number of alkyl halides is 3. The summed E-state index contributed by atoms with van der Waals surface area (Å²) in [6.45, 7) is 0.561. The number of rotatable bonds is 4. The molecule has 0 spiro atoms. The number of anilines is 1. The first-order valence-electron chi connectivity index (χ1n) is 10.6. The molecule has 2 bridgehead atoms. The molecule has 172 valence electrons. The summed E-state index contributed by atoms with van der Waals surface area (Å²) in [6, 6.07) is 6.89. The summed E-state index contributed by atoms with van der Waals surface area (Å²) in [7, 11) is 0. The number of hydrogen-bond acceptors (Lipinski definition) is 5. The fourth-order valence-corrected chi connectivity index (χ4v) is 4.78. The molecule has 0 radical (unpaired) electrons. The van der Waals surface area contributed by atoms with Crippen LogP contribution < -0.4 is 5.32 Å². The number of pyridine rings is 1. The third kappa shape index (κ3) is 4.03. The first kappa shape index (κ1) is 21.4. The highest BCUT2D eigenvalue weighted by Gasteiger charge is 2.44. The Balaban J connectivity index is 1.40. The van der Waals surface area contributed by atoms with Crippen LogP contribution in [0.1, 0.15) is 35.2 Å². The maximum atomic E-state index is 14.4. The predicted octanol–water partition coefficient (Wildman–Crippen LogP) is 3.93. The zero-order valence-electron chi connectivity index (χ0n) is 17.3. The van der Waals surface area contributed by atoms with Gasteiger partial charge in [-0.3, -0.25) is 4.79 Å². The number of carbonyl (C=O) groups excluding carboxylic acids is 1. The Kier molecular flexibility index (Phi) is 5.26. The summed E-state index contributed by atoms with van der Waals surface area (Å²) < 4.78 is 52.9. The number of para-hydroxylation sites is 1. The van der Waals surface area contributed by atoms with Crippen LogP contribution in [-0.4, -0.2) is 49.4 Å². The molecule has 1 saturated carbocycles. The van der Waals surface area contributed by atoms with Crippen molar-refractivity contribution in [3.05, 3.63) is 65.9 Å². The molecule has 3 aliphatic rings. The molecule has 3 aromatic rings. The number of carbonyl (C=O) groups is 1. The maximum Gasteiger partial charge on any atom is 0.417 e. The summed E-state index contributed by atoms with van der Waals surface area (Å²) in [4.78, 5) is 20.4. The lowest BCUT2D eigenvalue weighted by atomic mass is 9.76. The van der Waals surface area contributed by atoms with Crippen molar-refractivity contribution in [3.63, 3.8) is 0 Å². The van der Waals surface area contributed by atoms with Gasteiger partial charge < -0.3 is 10.2 Å². The monoisotopic (exact) mass is 460 g/mol. The van der Waals surface area contributed by atoms with Crippen LogP contribution in [-0.2, 0) is 6.18 Å². The van der Waals surface area contributed by atoms with Gasteiger partial charge in [0.2, 0.25) is 0 Å². The molecule has 4 heterocycles. The van der Waals surface area contributed by atoms with Gasteiger partial charge in [0, 0.05) is 18.8 Å². The molecule has 0 unspecified atom stereocenters. The van der Waals surface area contributed by atoms with Crippen molar-refractivity contribution in [3.8, 4) is 5.69 Å². The minimum absolute atomic E-state index is 0.190. The third-order valence-electron chi connectivity index (χ3n) is 6.30. The van der Waals surface area contributed by atoms with Gasteiger partial charge in [-0.05, 0) is 43.4 Å². The fraction of sp³-hybridized carbons (Fsp3) is 0.364. The van der Waals surface area contributed by atoms with Gasteiger partial charge >= 0.3 is 6.18 Å². The summed E-state index contributed by atoms with van der Waals surface area (Å²) >= 11 is 0. The highest BCUT2D eigenvalue weighted by atomic mass is 19.4. The van der Waals surface area contributed by atoms with Crippen LogP contribution in [0.3, 0.4) is 0 Å². The number of piperidine rings is 2. The molecule has 6 rings (SSSR count). The minimum atomic E-state index is -4.67. The number of benzene rings is 1. The summed E-state index contributed by atoms with van der Waals surface area (Å²) in [5, 5.41) is 11.2. The Morgan fingerprint density at radius 2 is 1.88 bits per heavy atom. The molecular formula is C22H20F4N6O. The van der Waals surface area contributed by atoms with Gasteiger partial charge in [0.05, 0.1) is 35.2 Å². The van der Waals surface area contributed by atoms with Gasteiger partial charge in [0.1, 0.15) is 0 Å². The molecule has 3 atom stereocenters. The average Bonchev–Trinajstić information content (AvgIpc) is 3.34. The molecule has 3 fully saturated rings. The zero-order valence-corrected chi connectivity index (χ0v) is 17.3. The molecule has 1 aliphatic carbocycles. The predicted molar refractivity (Wildman–Crippen MR) is 110 cm³/mol. The summed E-state index contributed by atoms with van der Waals surface area (Å²) in [5.74, 6) is -1.30. The van der Waals surface area contributed by atoms with Crippen LogP contribution in [0.25, 0.3) is 5.69 Å². The average molecular weight is 460 g/mol. The first-order chi connectivity index (χ1) is 15.8. The van der Waals surface area contributed by atoms with Gasteiger partial charge in [0.15, 0.2) is 11.6 Å². The number of amides is 1. The zero-order chi connectivity index (χ0) is 23.2. The second kappa shape index (κ2) is 8.13. The van der Waals surface area contributed by atoms with E-state index in [4.69, 9.17) is 0 Å². The van der Waals surface area contributed by atoms with Crippen LogP contribution in [0, 0.1) is 11.7 Å². The lowest BCUT2D eigenvalue weighted by molar-refractivity contribution is -0.138. The molecule has 2 aromatic heterocycles. The molecule has 33 heavy (non-hydrogen) atoms.